The first-order valence-corrected chi connectivity index (χ1v) is 8.99. The number of hydrogen-bond donors (Lipinski definition) is 2. The molecule has 1 aromatic carbocycles. The van der Waals surface area contributed by atoms with Gasteiger partial charge in [-0.3, -0.25) is 14.5 Å². The van der Waals surface area contributed by atoms with Crippen LogP contribution in [-0.2, 0) is 16.1 Å². The molecular weight excluding hydrogens is 337 g/mol. The Morgan fingerprint density at radius 3 is 2.85 bits per heavy atom. The standard InChI is InChI=1S/C19H24FN3O3/c1-12-9-14(6-7-15(12)20)10-21-16(24)11-23-17(25)19(22-18(23)26)8-4-3-5-13(19)2/h6-7,9,13H,3-5,8,10-11H2,1-2H3,(H,21,24)(H,22,26). The molecule has 6 nitrogen and oxygen atoms in total. The fraction of sp³-hybridized carbons (Fsp3) is 0.526. The summed E-state index contributed by atoms with van der Waals surface area (Å²) in [7, 11) is 0. The minimum absolute atomic E-state index is 0.0583. The maximum atomic E-state index is 13.3. The summed E-state index contributed by atoms with van der Waals surface area (Å²) < 4.78 is 13.3. The minimum Gasteiger partial charge on any atom is -0.350 e. The summed E-state index contributed by atoms with van der Waals surface area (Å²) in [5, 5.41) is 5.51. The summed E-state index contributed by atoms with van der Waals surface area (Å²) in [6.45, 7) is 3.53. The lowest BCUT2D eigenvalue weighted by molar-refractivity contribution is -0.137. The third kappa shape index (κ3) is 3.30. The van der Waals surface area contributed by atoms with Crippen molar-refractivity contribution in [3.8, 4) is 0 Å². The van der Waals surface area contributed by atoms with Gasteiger partial charge < -0.3 is 10.6 Å². The summed E-state index contributed by atoms with van der Waals surface area (Å²) in [6, 6.07) is 4.09. The van der Waals surface area contributed by atoms with Crippen molar-refractivity contribution in [1.82, 2.24) is 15.5 Å². The number of nitrogens with one attached hydrogen (secondary N) is 2. The molecule has 0 bridgehead atoms. The average Bonchev–Trinajstić information content (AvgIpc) is 2.84. The number of hydrogen-bond acceptors (Lipinski definition) is 3. The molecule has 3 rings (SSSR count). The van der Waals surface area contributed by atoms with Crippen molar-refractivity contribution in [2.24, 2.45) is 5.92 Å². The van der Waals surface area contributed by atoms with Crippen LogP contribution in [0.15, 0.2) is 18.2 Å². The van der Waals surface area contributed by atoms with Crippen molar-refractivity contribution in [1.29, 1.82) is 0 Å². The molecule has 140 valence electrons. The van der Waals surface area contributed by atoms with E-state index in [1.165, 1.54) is 6.07 Å². The molecule has 1 aliphatic heterocycles. The van der Waals surface area contributed by atoms with Crippen LogP contribution in [0.5, 0.6) is 0 Å². The van der Waals surface area contributed by atoms with Gasteiger partial charge in [-0.2, -0.15) is 0 Å². The fourth-order valence-corrected chi connectivity index (χ4v) is 3.86. The number of urea groups is 1. The molecule has 1 aromatic rings. The van der Waals surface area contributed by atoms with E-state index in [4.69, 9.17) is 0 Å². The van der Waals surface area contributed by atoms with Crippen molar-refractivity contribution in [2.45, 2.75) is 51.6 Å². The molecule has 2 aliphatic rings. The van der Waals surface area contributed by atoms with Crippen LogP contribution in [0.2, 0.25) is 0 Å². The average molecular weight is 361 g/mol. The summed E-state index contributed by atoms with van der Waals surface area (Å²) in [5.41, 5.74) is 0.398. The first-order chi connectivity index (χ1) is 12.3. The van der Waals surface area contributed by atoms with Crippen LogP contribution in [-0.4, -0.2) is 34.8 Å². The van der Waals surface area contributed by atoms with E-state index in [2.05, 4.69) is 10.6 Å². The van der Waals surface area contributed by atoms with Crippen LogP contribution in [0.3, 0.4) is 0 Å². The predicted molar refractivity (Wildman–Crippen MR) is 93.6 cm³/mol. The van der Waals surface area contributed by atoms with E-state index in [1.54, 1.807) is 19.1 Å². The van der Waals surface area contributed by atoms with E-state index >= 15 is 0 Å². The molecule has 1 spiro atoms. The topological polar surface area (TPSA) is 78.5 Å². The van der Waals surface area contributed by atoms with Crippen LogP contribution < -0.4 is 10.6 Å². The Labute approximate surface area is 152 Å². The maximum Gasteiger partial charge on any atom is 0.325 e. The van der Waals surface area contributed by atoms with Crippen molar-refractivity contribution >= 4 is 17.8 Å². The molecule has 7 heteroatoms. The van der Waals surface area contributed by atoms with Gasteiger partial charge in [-0.15, -0.1) is 0 Å². The van der Waals surface area contributed by atoms with E-state index in [1.807, 2.05) is 6.92 Å². The molecule has 1 saturated carbocycles. The van der Waals surface area contributed by atoms with Gasteiger partial charge >= 0.3 is 6.03 Å². The third-order valence-electron chi connectivity index (χ3n) is 5.52. The van der Waals surface area contributed by atoms with Crippen LogP contribution in [0.25, 0.3) is 0 Å². The molecule has 2 atom stereocenters. The number of carbonyl (C=O) groups is 3. The molecule has 2 N–H and O–H groups in total. The molecule has 2 unspecified atom stereocenters. The lowest BCUT2D eigenvalue weighted by Gasteiger charge is -2.36. The van der Waals surface area contributed by atoms with Crippen molar-refractivity contribution in [2.75, 3.05) is 6.54 Å². The number of nitrogens with zero attached hydrogens (tertiary/aromatic N) is 1. The zero-order valence-electron chi connectivity index (χ0n) is 15.1. The van der Waals surface area contributed by atoms with Gasteiger partial charge in [-0.1, -0.05) is 31.9 Å². The summed E-state index contributed by atoms with van der Waals surface area (Å²) >= 11 is 0. The smallest absolute Gasteiger partial charge is 0.325 e. The van der Waals surface area contributed by atoms with Gasteiger partial charge in [0.15, 0.2) is 0 Å². The lowest BCUT2D eigenvalue weighted by Crippen LogP contribution is -2.54. The Bertz CT molecular complexity index is 752. The predicted octanol–water partition coefficient (Wildman–Crippen LogP) is 2.25. The van der Waals surface area contributed by atoms with E-state index in [0.29, 0.717) is 12.0 Å². The zero-order chi connectivity index (χ0) is 18.9. The summed E-state index contributed by atoms with van der Waals surface area (Å²) in [4.78, 5) is 38.3. The van der Waals surface area contributed by atoms with Gasteiger partial charge in [0, 0.05) is 6.54 Å². The van der Waals surface area contributed by atoms with E-state index in [9.17, 15) is 18.8 Å². The fourth-order valence-electron chi connectivity index (χ4n) is 3.86. The van der Waals surface area contributed by atoms with Crippen molar-refractivity contribution in [3.63, 3.8) is 0 Å². The minimum atomic E-state index is -0.857. The molecule has 1 aliphatic carbocycles. The number of carbonyl (C=O) groups excluding carboxylic acids is 3. The Morgan fingerprint density at radius 1 is 1.38 bits per heavy atom. The van der Waals surface area contributed by atoms with Crippen LogP contribution in [0.4, 0.5) is 9.18 Å². The quantitative estimate of drug-likeness (QED) is 0.808. The monoisotopic (exact) mass is 361 g/mol. The van der Waals surface area contributed by atoms with E-state index in [0.717, 1.165) is 29.7 Å². The number of aryl methyl sites for hydroxylation is 1. The Balaban J connectivity index is 1.61. The Morgan fingerprint density at radius 2 is 2.15 bits per heavy atom. The van der Waals surface area contributed by atoms with Gasteiger partial charge in [0.05, 0.1) is 0 Å². The Hall–Kier alpha value is -2.44. The highest BCUT2D eigenvalue weighted by Gasteiger charge is 2.55. The van der Waals surface area contributed by atoms with Gasteiger partial charge in [0.1, 0.15) is 17.9 Å². The van der Waals surface area contributed by atoms with Crippen LogP contribution in [0.1, 0.15) is 43.7 Å². The summed E-state index contributed by atoms with van der Waals surface area (Å²) in [5.74, 6) is -0.965. The number of halogens is 1. The van der Waals surface area contributed by atoms with E-state index < -0.39 is 17.5 Å². The van der Waals surface area contributed by atoms with Crippen LogP contribution >= 0.6 is 0 Å². The maximum absolute atomic E-state index is 13.3. The second-order valence-electron chi connectivity index (χ2n) is 7.30. The second kappa shape index (κ2) is 7.05. The molecule has 0 radical (unpaired) electrons. The number of benzene rings is 1. The molecule has 26 heavy (non-hydrogen) atoms. The first-order valence-electron chi connectivity index (χ1n) is 8.99. The number of amides is 4. The normalized spacial score (nSPS) is 25.5. The van der Waals surface area contributed by atoms with Gasteiger partial charge in [-0.25, -0.2) is 9.18 Å². The highest BCUT2D eigenvalue weighted by molar-refractivity contribution is 6.09. The first kappa shape index (κ1) is 18.4. The molecular formula is C19H24FN3O3. The number of imide groups is 1. The van der Waals surface area contributed by atoms with Gasteiger partial charge in [0.25, 0.3) is 5.91 Å². The highest BCUT2D eigenvalue weighted by atomic mass is 19.1. The van der Waals surface area contributed by atoms with E-state index in [-0.39, 0.29) is 30.7 Å². The molecule has 2 fully saturated rings. The third-order valence-corrected chi connectivity index (χ3v) is 5.52. The summed E-state index contributed by atoms with van der Waals surface area (Å²) in [6.07, 6.45) is 3.44. The van der Waals surface area contributed by atoms with Crippen molar-refractivity contribution < 1.29 is 18.8 Å². The zero-order valence-corrected chi connectivity index (χ0v) is 15.1. The lowest BCUT2D eigenvalue weighted by atomic mass is 9.73. The molecule has 1 heterocycles. The highest BCUT2D eigenvalue weighted by Crippen LogP contribution is 2.38. The van der Waals surface area contributed by atoms with Gasteiger partial charge in [-0.05, 0) is 42.9 Å². The molecule has 0 aromatic heterocycles. The van der Waals surface area contributed by atoms with Crippen molar-refractivity contribution in [3.05, 3.63) is 35.1 Å². The largest absolute Gasteiger partial charge is 0.350 e. The van der Waals surface area contributed by atoms with Crippen LogP contribution in [0, 0.1) is 18.7 Å². The number of rotatable bonds is 4. The molecule has 1 saturated heterocycles. The second-order valence-corrected chi connectivity index (χ2v) is 7.30. The van der Waals surface area contributed by atoms with Gasteiger partial charge in [0.2, 0.25) is 5.91 Å². The molecule has 4 amide bonds. The Kier molecular flexibility index (Phi) is 4.98. The SMILES string of the molecule is Cc1cc(CNC(=O)CN2C(=O)NC3(CCCCC3C)C2=O)ccc1F.